The van der Waals surface area contributed by atoms with Gasteiger partial charge in [-0.25, -0.2) is 0 Å². The Labute approximate surface area is 95.2 Å². The molecule has 0 aliphatic rings. The molecule has 17 heavy (non-hydrogen) atoms. The number of hydrogen-bond acceptors (Lipinski definition) is 3. The first-order valence-corrected chi connectivity index (χ1v) is 4.71. The summed E-state index contributed by atoms with van der Waals surface area (Å²) in [5.41, 5.74) is 0. The summed E-state index contributed by atoms with van der Waals surface area (Å²) in [4.78, 5) is 32.0. The van der Waals surface area contributed by atoms with Gasteiger partial charge < -0.3 is 4.79 Å². The van der Waals surface area contributed by atoms with Crippen molar-refractivity contribution in [2.75, 3.05) is 0 Å². The third kappa shape index (κ3) is 3.34. The van der Waals surface area contributed by atoms with Crippen LogP contribution in [0.5, 0.6) is 0 Å². The number of alkyl halides is 4. The zero-order valence-electron chi connectivity index (χ0n) is 9.52. The lowest BCUT2D eigenvalue weighted by Gasteiger charge is -2.29. The van der Waals surface area contributed by atoms with Crippen LogP contribution in [0.25, 0.3) is 0 Å². The van der Waals surface area contributed by atoms with E-state index >= 15 is 0 Å². The van der Waals surface area contributed by atoms with E-state index in [1.807, 2.05) is 0 Å². The van der Waals surface area contributed by atoms with Crippen LogP contribution in [-0.4, -0.2) is 29.2 Å². The number of carbonyl (C=O) groups excluding carboxylic acids is 3. The van der Waals surface area contributed by atoms with Crippen LogP contribution >= 0.6 is 0 Å². The van der Waals surface area contributed by atoms with Crippen molar-refractivity contribution in [2.24, 2.45) is 5.92 Å². The maximum Gasteiger partial charge on any atom is 0.314 e. The van der Waals surface area contributed by atoms with E-state index in [2.05, 4.69) is 0 Å². The second kappa shape index (κ2) is 4.93. The molecule has 0 aromatic heterocycles. The summed E-state index contributed by atoms with van der Waals surface area (Å²) in [5.74, 6) is -16.3. The molecule has 0 aliphatic heterocycles. The van der Waals surface area contributed by atoms with Gasteiger partial charge >= 0.3 is 11.8 Å². The first-order chi connectivity index (χ1) is 7.44. The highest BCUT2D eigenvalue weighted by Gasteiger charge is 2.59. The second-order valence-electron chi connectivity index (χ2n) is 3.82. The second-order valence-corrected chi connectivity index (χ2v) is 3.82. The number of hydrogen-bond donors (Lipinski definition) is 0. The maximum atomic E-state index is 13.3. The van der Waals surface area contributed by atoms with Crippen molar-refractivity contribution in [3.8, 4) is 0 Å². The van der Waals surface area contributed by atoms with Gasteiger partial charge in [-0.15, -0.1) is 0 Å². The molecule has 0 aromatic rings. The molecule has 0 aromatic carbocycles. The van der Waals surface area contributed by atoms with Gasteiger partial charge in [-0.05, 0) is 6.92 Å². The van der Waals surface area contributed by atoms with Gasteiger partial charge in [-0.3, -0.25) is 9.59 Å². The van der Waals surface area contributed by atoms with Crippen LogP contribution < -0.4 is 0 Å². The average molecular weight is 256 g/mol. The predicted octanol–water partition coefficient (Wildman–Crippen LogP) is 2.03. The average Bonchev–Trinajstić information content (AvgIpc) is 2.12. The number of Topliss-reactive ketones (excluding diaryl/α,β-unsaturated/α-hetero) is 3. The summed E-state index contributed by atoms with van der Waals surface area (Å²) in [6.45, 7) is 1.70. The molecule has 0 fully saturated rings. The van der Waals surface area contributed by atoms with Crippen molar-refractivity contribution in [3.05, 3.63) is 0 Å². The van der Waals surface area contributed by atoms with E-state index in [1.54, 1.807) is 0 Å². The third-order valence-corrected chi connectivity index (χ3v) is 2.31. The lowest BCUT2D eigenvalue weighted by molar-refractivity contribution is -0.189. The normalized spacial score (nSPS) is 12.7. The van der Waals surface area contributed by atoms with E-state index in [0.717, 1.165) is 6.92 Å². The van der Waals surface area contributed by atoms with Crippen molar-refractivity contribution in [2.45, 2.75) is 39.0 Å². The minimum Gasteiger partial charge on any atom is -0.300 e. The first kappa shape index (κ1) is 15.7. The minimum absolute atomic E-state index is 0.434. The Morgan fingerprint density at radius 3 is 1.35 bits per heavy atom. The molecule has 98 valence electrons. The van der Waals surface area contributed by atoms with E-state index in [0.29, 0.717) is 13.8 Å². The summed E-state index contributed by atoms with van der Waals surface area (Å²) in [7, 11) is 0. The van der Waals surface area contributed by atoms with Gasteiger partial charge in [-0.1, -0.05) is 0 Å². The number of halogens is 4. The third-order valence-electron chi connectivity index (χ3n) is 2.31. The molecule has 0 aliphatic carbocycles. The molecular formula is C10H12F4O3. The van der Waals surface area contributed by atoms with E-state index in [-0.39, 0.29) is 0 Å². The van der Waals surface area contributed by atoms with Crippen LogP contribution in [0.3, 0.4) is 0 Å². The van der Waals surface area contributed by atoms with Gasteiger partial charge in [-0.2, -0.15) is 17.6 Å². The smallest absolute Gasteiger partial charge is 0.300 e. The van der Waals surface area contributed by atoms with Crippen molar-refractivity contribution in [1.82, 2.24) is 0 Å². The van der Waals surface area contributed by atoms with Gasteiger partial charge in [0, 0.05) is 20.3 Å². The molecule has 0 radical (unpaired) electrons. The van der Waals surface area contributed by atoms with E-state index in [4.69, 9.17) is 0 Å². The molecule has 3 nitrogen and oxygen atoms in total. The lowest BCUT2D eigenvalue weighted by atomic mass is 9.85. The van der Waals surface area contributed by atoms with Crippen LogP contribution in [0, 0.1) is 5.92 Å². The summed E-state index contributed by atoms with van der Waals surface area (Å²) >= 11 is 0. The number of carbonyl (C=O) groups is 3. The fourth-order valence-electron chi connectivity index (χ4n) is 1.26. The van der Waals surface area contributed by atoms with Gasteiger partial charge in [0.25, 0.3) is 0 Å². The molecule has 0 spiro atoms. The Hall–Kier alpha value is -1.27. The van der Waals surface area contributed by atoms with Gasteiger partial charge in [0.2, 0.25) is 0 Å². The lowest BCUT2D eigenvalue weighted by Crippen LogP contribution is -2.50. The van der Waals surface area contributed by atoms with Crippen LogP contribution in [0.1, 0.15) is 27.2 Å². The molecule has 7 heteroatoms. The summed E-state index contributed by atoms with van der Waals surface area (Å²) in [6.07, 6.45) is -1.24. The van der Waals surface area contributed by atoms with Gasteiger partial charge in [0.1, 0.15) is 11.7 Å². The molecule has 0 N–H and O–H groups in total. The first-order valence-electron chi connectivity index (χ1n) is 4.71. The summed E-state index contributed by atoms with van der Waals surface area (Å²) in [5, 5.41) is 0. The van der Waals surface area contributed by atoms with E-state index in [1.165, 1.54) is 0 Å². The molecular weight excluding hydrogens is 244 g/mol. The summed E-state index contributed by atoms with van der Waals surface area (Å²) < 4.78 is 53.2. The monoisotopic (exact) mass is 256 g/mol. The Bertz CT molecular complexity index is 323. The molecule has 0 unspecified atom stereocenters. The molecule has 0 rings (SSSR count). The molecule has 0 bridgehead atoms. The van der Waals surface area contributed by atoms with E-state index in [9.17, 15) is 31.9 Å². The van der Waals surface area contributed by atoms with E-state index < -0.39 is 41.5 Å². The molecule has 0 amide bonds. The topological polar surface area (TPSA) is 51.2 Å². The van der Waals surface area contributed by atoms with Crippen LogP contribution in [0.15, 0.2) is 0 Å². The highest BCUT2D eigenvalue weighted by Crippen LogP contribution is 2.40. The fourth-order valence-corrected chi connectivity index (χ4v) is 1.26. The van der Waals surface area contributed by atoms with Gasteiger partial charge in [0.15, 0.2) is 11.6 Å². The Morgan fingerprint density at radius 1 is 0.882 bits per heavy atom. The maximum absolute atomic E-state index is 13.3. The van der Waals surface area contributed by atoms with Crippen molar-refractivity contribution in [3.63, 3.8) is 0 Å². The van der Waals surface area contributed by atoms with Crippen LogP contribution in [0.2, 0.25) is 0 Å². The van der Waals surface area contributed by atoms with Crippen molar-refractivity contribution < 1.29 is 31.9 Å². The molecule has 0 saturated heterocycles. The molecule has 0 saturated carbocycles. The SMILES string of the molecule is CC(=O)CC(C(F)(F)C(C)=O)C(F)(F)C(C)=O. The Morgan fingerprint density at radius 2 is 1.18 bits per heavy atom. The zero-order chi connectivity index (χ0) is 14.0. The Balaban J connectivity index is 5.51. The Kier molecular flexibility index (Phi) is 4.56. The van der Waals surface area contributed by atoms with Gasteiger partial charge in [0.05, 0.1) is 0 Å². The predicted molar refractivity (Wildman–Crippen MR) is 50.0 cm³/mol. The van der Waals surface area contributed by atoms with Crippen LogP contribution in [0.4, 0.5) is 17.6 Å². The highest BCUT2D eigenvalue weighted by atomic mass is 19.3. The quantitative estimate of drug-likeness (QED) is 0.683. The highest BCUT2D eigenvalue weighted by molar-refractivity contribution is 5.89. The largest absolute Gasteiger partial charge is 0.314 e. The fraction of sp³-hybridized carbons (Fsp3) is 0.700. The number of rotatable bonds is 6. The van der Waals surface area contributed by atoms with Crippen molar-refractivity contribution >= 4 is 17.3 Å². The summed E-state index contributed by atoms with van der Waals surface area (Å²) in [6, 6.07) is 0. The molecule has 0 heterocycles. The minimum atomic E-state index is -4.42. The zero-order valence-corrected chi connectivity index (χ0v) is 9.52. The van der Waals surface area contributed by atoms with Crippen LogP contribution in [-0.2, 0) is 14.4 Å². The standard InChI is InChI=1S/C10H12F4O3/c1-5(15)4-8(9(11,12)6(2)16)10(13,14)7(3)17/h8H,4H2,1-3H3. The number of ketones is 3. The molecule has 0 atom stereocenters. The van der Waals surface area contributed by atoms with Crippen molar-refractivity contribution in [1.29, 1.82) is 0 Å².